The quantitative estimate of drug-likeness (QED) is 0.644. The zero-order chi connectivity index (χ0) is 10.4. The molecule has 0 aromatic rings. The standard InChI is InChI=1S/C11H23NO/c1-6-7-12(11(5)13)8-10(4)9(2)3/h9-10H,6-8H2,1-5H3. The van der Waals surface area contributed by atoms with E-state index in [0.717, 1.165) is 19.5 Å². The summed E-state index contributed by atoms with van der Waals surface area (Å²) < 4.78 is 0. The number of carbonyl (C=O) groups excluding carboxylic acids is 1. The van der Waals surface area contributed by atoms with Crippen molar-refractivity contribution in [2.75, 3.05) is 13.1 Å². The molecule has 0 aromatic heterocycles. The lowest BCUT2D eigenvalue weighted by molar-refractivity contribution is -0.129. The van der Waals surface area contributed by atoms with Crippen LogP contribution in [0.5, 0.6) is 0 Å². The van der Waals surface area contributed by atoms with Gasteiger partial charge in [0.1, 0.15) is 0 Å². The molecule has 1 amide bonds. The van der Waals surface area contributed by atoms with Crippen LogP contribution in [0.4, 0.5) is 0 Å². The van der Waals surface area contributed by atoms with Gasteiger partial charge in [-0.25, -0.2) is 0 Å². The summed E-state index contributed by atoms with van der Waals surface area (Å²) in [5, 5.41) is 0. The van der Waals surface area contributed by atoms with E-state index in [1.54, 1.807) is 6.92 Å². The lowest BCUT2D eigenvalue weighted by Crippen LogP contribution is -2.34. The van der Waals surface area contributed by atoms with Gasteiger partial charge in [0.15, 0.2) is 0 Å². The molecule has 0 aliphatic carbocycles. The number of amides is 1. The van der Waals surface area contributed by atoms with E-state index in [2.05, 4.69) is 27.7 Å². The van der Waals surface area contributed by atoms with Crippen LogP contribution in [0.3, 0.4) is 0 Å². The highest BCUT2D eigenvalue weighted by molar-refractivity contribution is 5.73. The molecular weight excluding hydrogens is 162 g/mol. The molecule has 13 heavy (non-hydrogen) atoms. The second-order valence-electron chi connectivity index (χ2n) is 4.19. The molecule has 0 saturated carbocycles. The Morgan fingerprint density at radius 3 is 2.15 bits per heavy atom. The normalized spacial score (nSPS) is 13.1. The third kappa shape index (κ3) is 4.91. The predicted molar refractivity (Wildman–Crippen MR) is 56.5 cm³/mol. The smallest absolute Gasteiger partial charge is 0.219 e. The zero-order valence-corrected chi connectivity index (χ0v) is 9.63. The number of nitrogens with zero attached hydrogens (tertiary/aromatic N) is 1. The Morgan fingerprint density at radius 2 is 1.85 bits per heavy atom. The molecule has 1 unspecified atom stereocenters. The molecule has 0 aliphatic heterocycles. The minimum atomic E-state index is 0.203. The molecule has 0 N–H and O–H groups in total. The van der Waals surface area contributed by atoms with Crippen molar-refractivity contribution in [2.45, 2.75) is 41.0 Å². The number of rotatable bonds is 5. The van der Waals surface area contributed by atoms with Crippen molar-refractivity contribution in [1.82, 2.24) is 4.90 Å². The van der Waals surface area contributed by atoms with E-state index < -0.39 is 0 Å². The van der Waals surface area contributed by atoms with E-state index in [1.165, 1.54) is 0 Å². The maximum Gasteiger partial charge on any atom is 0.219 e. The van der Waals surface area contributed by atoms with Gasteiger partial charge in [-0.15, -0.1) is 0 Å². The molecule has 0 fully saturated rings. The molecule has 0 rings (SSSR count). The van der Waals surface area contributed by atoms with E-state index in [9.17, 15) is 4.79 Å². The SMILES string of the molecule is CCCN(CC(C)C(C)C)C(C)=O. The van der Waals surface area contributed by atoms with Gasteiger partial charge in [-0.05, 0) is 18.3 Å². The van der Waals surface area contributed by atoms with Crippen LogP contribution < -0.4 is 0 Å². The fourth-order valence-corrected chi connectivity index (χ4v) is 1.21. The molecule has 78 valence electrons. The van der Waals surface area contributed by atoms with Gasteiger partial charge in [0.25, 0.3) is 0 Å². The maximum absolute atomic E-state index is 11.2. The lowest BCUT2D eigenvalue weighted by Gasteiger charge is -2.26. The van der Waals surface area contributed by atoms with Crippen molar-refractivity contribution >= 4 is 5.91 Å². The molecule has 0 bridgehead atoms. The van der Waals surface area contributed by atoms with Gasteiger partial charge in [-0.3, -0.25) is 4.79 Å². The van der Waals surface area contributed by atoms with E-state index >= 15 is 0 Å². The Balaban J connectivity index is 4.01. The minimum absolute atomic E-state index is 0.203. The summed E-state index contributed by atoms with van der Waals surface area (Å²) in [7, 11) is 0. The van der Waals surface area contributed by atoms with Gasteiger partial charge in [0.05, 0.1) is 0 Å². The van der Waals surface area contributed by atoms with Crippen LogP contribution in [0.15, 0.2) is 0 Å². The third-order valence-corrected chi connectivity index (χ3v) is 2.59. The zero-order valence-electron chi connectivity index (χ0n) is 9.63. The molecule has 2 nitrogen and oxygen atoms in total. The van der Waals surface area contributed by atoms with Crippen molar-refractivity contribution in [3.63, 3.8) is 0 Å². The van der Waals surface area contributed by atoms with Crippen LogP contribution in [0.1, 0.15) is 41.0 Å². The second kappa shape index (κ2) is 6.01. The Morgan fingerprint density at radius 1 is 1.31 bits per heavy atom. The Kier molecular flexibility index (Phi) is 5.76. The molecule has 0 heterocycles. The number of carbonyl (C=O) groups is 1. The number of hydrogen-bond acceptors (Lipinski definition) is 1. The van der Waals surface area contributed by atoms with Crippen LogP contribution in [-0.4, -0.2) is 23.9 Å². The molecule has 0 spiro atoms. The van der Waals surface area contributed by atoms with Gasteiger partial charge in [-0.1, -0.05) is 27.7 Å². The first kappa shape index (κ1) is 12.5. The van der Waals surface area contributed by atoms with Gasteiger partial charge in [0.2, 0.25) is 5.91 Å². The van der Waals surface area contributed by atoms with Crippen molar-refractivity contribution in [3.05, 3.63) is 0 Å². The van der Waals surface area contributed by atoms with E-state index in [1.807, 2.05) is 4.90 Å². The van der Waals surface area contributed by atoms with E-state index in [4.69, 9.17) is 0 Å². The van der Waals surface area contributed by atoms with Crippen LogP contribution in [-0.2, 0) is 4.79 Å². The minimum Gasteiger partial charge on any atom is -0.343 e. The van der Waals surface area contributed by atoms with Crippen LogP contribution >= 0.6 is 0 Å². The second-order valence-corrected chi connectivity index (χ2v) is 4.19. The van der Waals surface area contributed by atoms with Crippen LogP contribution in [0, 0.1) is 11.8 Å². The van der Waals surface area contributed by atoms with E-state index in [0.29, 0.717) is 11.8 Å². The van der Waals surface area contributed by atoms with Crippen molar-refractivity contribution in [2.24, 2.45) is 11.8 Å². The third-order valence-electron chi connectivity index (χ3n) is 2.59. The number of hydrogen-bond donors (Lipinski definition) is 0. The molecule has 2 heteroatoms. The fourth-order valence-electron chi connectivity index (χ4n) is 1.21. The summed E-state index contributed by atoms with van der Waals surface area (Å²) in [6.45, 7) is 12.2. The molecule has 1 atom stereocenters. The van der Waals surface area contributed by atoms with E-state index in [-0.39, 0.29) is 5.91 Å². The monoisotopic (exact) mass is 185 g/mol. The maximum atomic E-state index is 11.2. The first-order chi connectivity index (χ1) is 5.99. The first-order valence-corrected chi connectivity index (χ1v) is 5.24. The van der Waals surface area contributed by atoms with Gasteiger partial charge >= 0.3 is 0 Å². The molecular formula is C11H23NO. The summed E-state index contributed by atoms with van der Waals surface area (Å²) in [6.07, 6.45) is 1.05. The summed E-state index contributed by atoms with van der Waals surface area (Å²) in [5.74, 6) is 1.45. The summed E-state index contributed by atoms with van der Waals surface area (Å²) in [4.78, 5) is 13.2. The van der Waals surface area contributed by atoms with Crippen molar-refractivity contribution in [1.29, 1.82) is 0 Å². The van der Waals surface area contributed by atoms with Crippen LogP contribution in [0.25, 0.3) is 0 Å². The average molecular weight is 185 g/mol. The highest BCUT2D eigenvalue weighted by atomic mass is 16.2. The fraction of sp³-hybridized carbons (Fsp3) is 0.909. The Bertz CT molecular complexity index is 154. The van der Waals surface area contributed by atoms with Crippen LogP contribution in [0.2, 0.25) is 0 Å². The largest absolute Gasteiger partial charge is 0.343 e. The topological polar surface area (TPSA) is 20.3 Å². The highest BCUT2D eigenvalue weighted by Crippen LogP contribution is 2.11. The molecule has 0 aliphatic rings. The van der Waals surface area contributed by atoms with Gasteiger partial charge in [0, 0.05) is 20.0 Å². The molecule has 0 radical (unpaired) electrons. The molecule has 0 aromatic carbocycles. The van der Waals surface area contributed by atoms with Gasteiger partial charge in [-0.2, -0.15) is 0 Å². The van der Waals surface area contributed by atoms with Crippen molar-refractivity contribution < 1.29 is 4.79 Å². The summed E-state index contributed by atoms with van der Waals surface area (Å²) in [6, 6.07) is 0. The first-order valence-electron chi connectivity index (χ1n) is 5.24. The molecule has 0 saturated heterocycles. The summed E-state index contributed by atoms with van der Waals surface area (Å²) >= 11 is 0. The average Bonchev–Trinajstić information content (AvgIpc) is 2.03. The predicted octanol–water partition coefficient (Wildman–Crippen LogP) is 2.54. The highest BCUT2D eigenvalue weighted by Gasteiger charge is 2.14. The Hall–Kier alpha value is -0.530. The van der Waals surface area contributed by atoms with Crippen molar-refractivity contribution in [3.8, 4) is 0 Å². The lowest BCUT2D eigenvalue weighted by atomic mass is 9.97. The Labute approximate surface area is 82.3 Å². The summed E-state index contributed by atoms with van der Waals surface area (Å²) in [5.41, 5.74) is 0. The van der Waals surface area contributed by atoms with Gasteiger partial charge < -0.3 is 4.90 Å².